The van der Waals surface area contributed by atoms with Gasteiger partial charge >= 0.3 is 0 Å². The van der Waals surface area contributed by atoms with Crippen LogP contribution in [0.2, 0.25) is 0 Å². The normalized spacial score (nSPS) is 21.0. The van der Waals surface area contributed by atoms with Crippen molar-refractivity contribution in [3.05, 3.63) is 65.0 Å². The third kappa shape index (κ3) is 1.69. The van der Waals surface area contributed by atoms with E-state index in [-0.39, 0.29) is 23.0 Å². The first kappa shape index (κ1) is 15.1. The molecule has 1 spiro atoms. The SMILES string of the molecule is N#CC1=C(N)Oc2cc(O)ccc2[C@@]12C(=O)N(CO)c1ccccc12. The van der Waals surface area contributed by atoms with E-state index < -0.39 is 18.1 Å². The minimum Gasteiger partial charge on any atom is -0.508 e. The lowest BCUT2D eigenvalue weighted by Gasteiger charge is -2.34. The Labute approximate surface area is 142 Å². The van der Waals surface area contributed by atoms with Crippen LogP contribution in [0.25, 0.3) is 0 Å². The quantitative estimate of drug-likeness (QED) is 0.717. The van der Waals surface area contributed by atoms with E-state index in [1.165, 1.54) is 23.1 Å². The number of carbonyl (C=O) groups is 1. The molecule has 0 unspecified atom stereocenters. The van der Waals surface area contributed by atoms with Gasteiger partial charge in [0.15, 0.2) is 0 Å². The monoisotopic (exact) mass is 335 g/mol. The van der Waals surface area contributed by atoms with Crippen LogP contribution in [0.4, 0.5) is 5.69 Å². The number of hydrogen-bond acceptors (Lipinski definition) is 6. The number of benzene rings is 2. The van der Waals surface area contributed by atoms with Crippen LogP contribution in [-0.2, 0) is 10.2 Å². The highest BCUT2D eigenvalue weighted by Crippen LogP contribution is 2.55. The van der Waals surface area contributed by atoms with E-state index in [1.807, 2.05) is 6.07 Å². The molecule has 0 saturated carbocycles. The first-order chi connectivity index (χ1) is 12.1. The summed E-state index contributed by atoms with van der Waals surface area (Å²) in [5.41, 5.74) is 5.80. The fourth-order valence-corrected chi connectivity index (χ4v) is 3.63. The molecule has 124 valence electrons. The molecule has 1 amide bonds. The van der Waals surface area contributed by atoms with Gasteiger partial charge in [-0.3, -0.25) is 9.69 Å². The second kappa shape index (κ2) is 5.00. The summed E-state index contributed by atoms with van der Waals surface area (Å²) in [6.07, 6.45) is 0. The van der Waals surface area contributed by atoms with Gasteiger partial charge in [-0.05, 0) is 18.2 Å². The van der Waals surface area contributed by atoms with Gasteiger partial charge in [0.05, 0.1) is 5.69 Å². The highest BCUT2D eigenvalue weighted by Gasteiger charge is 2.58. The maximum absolute atomic E-state index is 13.3. The van der Waals surface area contributed by atoms with Crippen LogP contribution in [0.15, 0.2) is 53.9 Å². The number of phenols is 1. The fraction of sp³-hybridized carbons (Fsp3) is 0.111. The van der Waals surface area contributed by atoms with Gasteiger partial charge in [0.25, 0.3) is 0 Å². The molecule has 2 aliphatic rings. The highest BCUT2D eigenvalue weighted by atomic mass is 16.5. The molecule has 4 rings (SSSR count). The summed E-state index contributed by atoms with van der Waals surface area (Å²) in [4.78, 5) is 14.5. The number of phenolic OH excluding ortho intramolecular Hbond substituents is 1. The topological polar surface area (TPSA) is 120 Å². The molecular formula is C18H13N3O4. The molecule has 0 fully saturated rings. The number of anilines is 1. The Morgan fingerprint density at radius 2 is 2.00 bits per heavy atom. The second-order valence-corrected chi connectivity index (χ2v) is 5.78. The van der Waals surface area contributed by atoms with Gasteiger partial charge in [0.2, 0.25) is 11.8 Å². The molecule has 0 radical (unpaired) electrons. The molecule has 2 aromatic rings. The molecule has 7 heteroatoms. The number of aliphatic hydroxyl groups is 1. The van der Waals surface area contributed by atoms with E-state index in [0.29, 0.717) is 16.8 Å². The van der Waals surface area contributed by atoms with Crippen molar-refractivity contribution in [3.63, 3.8) is 0 Å². The number of aromatic hydroxyl groups is 1. The summed E-state index contributed by atoms with van der Waals surface area (Å²) in [6, 6.07) is 13.2. The summed E-state index contributed by atoms with van der Waals surface area (Å²) < 4.78 is 5.48. The minimum absolute atomic E-state index is 0.0425. The van der Waals surface area contributed by atoms with Crippen LogP contribution < -0.4 is 15.4 Å². The minimum atomic E-state index is -1.51. The van der Waals surface area contributed by atoms with Crippen molar-refractivity contribution < 1.29 is 19.7 Å². The first-order valence-electron chi connectivity index (χ1n) is 7.49. The Bertz CT molecular complexity index is 992. The summed E-state index contributed by atoms with van der Waals surface area (Å²) in [7, 11) is 0. The van der Waals surface area contributed by atoms with Gasteiger partial charge in [0.1, 0.15) is 35.3 Å². The average Bonchev–Trinajstić information content (AvgIpc) is 2.84. The summed E-state index contributed by atoms with van der Waals surface area (Å²) in [5.74, 6) is -0.561. The smallest absolute Gasteiger partial charge is 0.249 e. The van der Waals surface area contributed by atoms with Crippen LogP contribution in [0.3, 0.4) is 0 Å². The van der Waals surface area contributed by atoms with E-state index in [1.54, 1.807) is 24.3 Å². The first-order valence-corrected chi connectivity index (χ1v) is 7.49. The average molecular weight is 335 g/mol. The van der Waals surface area contributed by atoms with E-state index in [0.717, 1.165) is 0 Å². The number of nitrogens with two attached hydrogens (primary N) is 1. The summed E-state index contributed by atoms with van der Waals surface area (Å²) >= 11 is 0. The van der Waals surface area contributed by atoms with Crippen molar-refractivity contribution >= 4 is 11.6 Å². The van der Waals surface area contributed by atoms with E-state index in [9.17, 15) is 20.3 Å². The third-order valence-corrected chi connectivity index (χ3v) is 4.63. The van der Waals surface area contributed by atoms with Gasteiger partial charge in [-0.15, -0.1) is 0 Å². The molecule has 2 aromatic carbocycles. The largest absolute Gasteiger partial charge is 0.508 e. The van der Waals surface area contributed by atoms with Crippen molar-refractivity contribution in [2.45, 2.75) is 5.41 Å². The number of nitrogens with zero attached hydrogens (tertiary/aromatic N) is 2. The maximum Gasteiger partial charge on any atom is 0.249 e. The number of hydrogen-bond donors (Lipinski definition) is 3. The van der Waals surface area contributed by atoms with Crippen molar-refractivity contribution in [1.82, 2.24) is 0 Å². The van der Waals surface area contributed by atoms with E-state index in [2.05, 4.69) is 0 Å². The van der Waals surface area contributed by atoms with Crippen molar-refractivity contribution in [1.29, 1.82) is 5.26 Å². The third-order valence-electron chi connectivity index (χ3n) is 4.63. The molecule has 0 aromatic heterocycles. The number of para-hydroxylation sites is 1. The molecule has 0 saturated heterocycles. The van der Waals surface area contributed by atoms with Crippen LogP contribution >= 0.6 is 0 Å². The predicted molar refractivity (Wildman–Crippen MR) is 87.4 cm³/mol. The summed E-state index contributed by atoms with van der Waals surface area (Å²) in [5, 5.41) is 29.2. The molecular weight excluding hydrogens is 322 g/mol. The van der Waals surface area contributed by atoms with Crippen molar-refractivity contribution in [3.8, 4) is 17.6 Å². The molecule has 25 heavy (non-hydrogen) atoms. The van der Waals surface area contributed by atoms with E-state index >= 15 is 0 Å². The molecule has 1 atom stereocenters. The van der Waals surface area contributed by atoms with Gasteiger partial charge < -0.3 is 20.7 Å². The molecule has 0 bridgehead atoms. The maximum atomic E-state index is 13.3. The lowest BCUT2D eigenvalue weighted by atomic mass is 9.69. The lowest BCUT2D eigenvalue weighted by molar-refractivity contribution is -0.121. The second-order valence-electron chi connectivity index (χ2n) is 5.78. The highest BCUT2D eigenvalue weighted by molar-refractivity contribution is 6.14. The van der Waals surface area contributed by atoms with Crippen LogP contribution in [0, 0.1) is 11.3 Å². The van der Waals surface area contributed by atoms with Gasteiger partial charge in [0, 0.05) is 17.2 Å². The number of rotatable bonds is 1. The number of fused-ring (bicyclic) bond motifs is 4. The lowest BCUT2D eigenvalue weighted by Crippen LogP contribution is -2.46. The van der Waals surface area contributed by atoms with E-state index in [4.69, 9.17) is 10.5 Å². The zero-order valence-corrected chi connectivity index (χ0v) is 12.9. The Morgan fingerprint density at radius 3 is 2.72 bits per heavy atom. The van der Waals surface area contributed by atoms with Crippen LogP contribution in [0.5, 0.6) is 11.5 Å². The molecule has 7 nitrogen and oxygen atoms in total. The number of ether oxygens (including phenoxy) is 1. The number of nitriles is 1. The Morgan fingerprint density at radius 1 is 1.24 bits per heavy atom. The molecule has 4 N–H and O–H groups in total. The Kier molecular flexibility index (Phi) is 3.01. The van der Waals surface area contributed by atoms with Gasteiger partial charge in [-0.25, -0.2) is 0 Å². The van der Waals surface area contributed by atoms with Crippen LogP contribution in [-0.4, -0.2) is 22.9 Å². The fourth-order valence-electron chi connectivity index (χ4n) is 3.63. The Balaban J connectivity index is 2.16. The zero-order valence-electron chi connectivity index (χ0n) is 12.9. The standard InChI is InChI=1S/C18H13N3O4/c19-8-13-16(20)25-15-7-10(23)5-6-12(15)18(13)11-3-1-2-4-14(11)21(9-22)17(18)24/h1-7,22-23H,9,20H2/t18-/m1/s1. The Hall–Kier alpha value is -3.50. The van der Waals surface area contributed by atoms with Gasteiger partial charge in [-0.1, -0.05) is 18.2 Å². The molecule has 2 heterocycles. The van der Waals surface area contributed by atoms with Crippen molar-refractivity contribution in [2.75, 3.05) is 11.6 Å². The molecule has 0 aliphatic carbocycles. The van der Waals surface area contributed by atoms with Crippen LogP contribution in [0.1, 0.15) is 11.1 Å². The van der Waals surface area contributed by atoms with Gasteiger partial charge in [-0.2, -0.15) is 5.26 Å². The van der Waals surface area contributed by atoms with Crippen molar-refractivity contribution in [2.24, 2.45) is 5.73 Å². The molecule has 2 aliphatic heterocycles. The summed E-state index contributed by atoms with van der Waals surface area (Å²) in [6.45, 7) is -0.537. The number of carbonyl (C=O) groups excluding carboxylic acids is 1. The predicted octanol–water partition coefficient (Wildman–Crippen LogP) is 1.06. The number of amides is 1. The number of aliphatic hydroxyl groups excluding tert-OH is 1. The zero-order chi connectivity index (χ0) is 17.8.